The molecular formula is C54H88O23. The summed E-state index contributed by atoms with van der Waals surface area (Å²) in [5.41, 5.74) is -1.95. The molecule has 10 rings (SSSR count). The first-order chi connectivity index (χ1) is 36.0. The highest BCUT2D eigenvalue weighted by atomic mass is 16.8. The average molecular weight is 1110 g/mol. The van der Waals surface area contributed by atoms with E-state index in [0.717, 1.165) is 44.9 Å². The topological polar surface area (TPSA) is 363 Å². The molecule has 5 heterocycles. The minimum Gasteiger partial charge on any atom is -0.479 e. The van der Waals surface area contributed by atoms with E-state index in [0.29, 0.717) is 25.9 Å². The van der Waals surface area contributed by atoms with Crippen LogP contribution in [-0.4, -0.2) is 233 Å². The maximum absolute atomic E-state index is 13.2. The van der Waals surface area contributed by atoms with Crippen molar-refractivity contribution in [1.29, 1.82) is 0 Å². The molecule has 10 aliphatic rings. The fraction of sp³-hybridized carbons (Fsp3) is 0.981. The van der Waals surface area contributed by atoms with Gasteiger partial charge in [0.15, 0.2) is 31.3 Å². The number of rotatable bonds is 11. The molecule has 23 nitrogen and oxygen atoms in total. The van der Waals surface area contributed by atoms with Crippen LogP contribution in [0.4, 0.5) is 0 Å². The molecule has 0 aromatic rings. The highest BCUT2D eigenvalue weighted by Crippen LogP contribution is 2.80. The molecule has 30 unspecified atom stereocenters. The van der Waals surface area contributed by atoms with Crippen molar-refractivity contribution in [3.05, 3.63) is 0 Å². The van der Waals surface area contributed by atoms with Gasteiger partial charge in [0, 0.05) is 10.8 Å². The summed E-state index contributed by atoms with van der Waals surface area (Å²) in [7, 11) is 0. The summed E-state index contributed by atoms with van der Waals surface area (Å²) in [5.74, 6) is -1.19. The number of ether oxygens (including phenoxy) is 9. The van der Waals surface area contributed by atoms with Crippen LogP contribution in [0.25, 0.3) is 0 Å². The van der Waals surface area contributed by atoms with Crippen LogP contribution in [0.3, 0.4) is 0 Å². The van der Waals surface area contributed by atoms with E-state index in [1.165, 1.54) is 6.92 Å². The van der Waals surface area contributed by atoms with E-state index in [1.54, 1.807) is 0 Å². The van der Waals surface area contributed by atoms with Gasteiger partial charge in [0.05, 0.1) is 43.7 Å². The summed E-state index contributed by atoms with van der Waals surface area (Å²) in [6, 6.07) is 0. The molecule has 77 heavy (non-hydrogen) atoms. The lowest BCUT2D eigenvalue weighted by Gasteiger charge is -2.75. The summed E-state index contributed by atoms with van der Waals surface area (Å²) in [6.07, 6.45) is -30.0. The Morgan fingerprint density at radius 2 is 1.10 bits per heavy atom. The number of aliphatic hydroxyl groups is 12. The van der Waals surface area contributed by atoms with Crippen LogP contribution in [0.1, 0.15) is 120 Å². The number of hydrogen-bond acceptors (Lipinski definition) is 22. The molecule has 0 amide bonds. The van der Waals surface area contributed by atoms with Crippen molar-refractivity contribution in [2.24, 2.45) is 50.2 Å². The maximum atomic E-state index is 13.2. The average Bonchev–Trinajstić information content (AvgIpc) is 3.93. The van der Waals surface area contributed by atoms with Gasteiger partial charge in [-0.05, 0) is 111 Å². The van der Waals surface area contributed by atoms with Crippen molar-refractivity contribution in [3.63, 3.8) is 0 Å². The molecule has 10 fully saturated rings. The largest absolute Gasteiger partial charge is 0.479 e. The lowest BCUT2D eigenvalue weighted by molar-refractivity contribution is -0.406. The smallest absolute Gasteiger partial charge is 0.335 e. The zero-order valence-electron chi connectivity index (χ0n) is 45.5. The van der Waals surface area contributed by atoms with Crippen molar-refractivity contribution in [2.45, 2.75) is 260 Å². The molecule has 0 aromatic carbocycles. The molecule has 5 saturated heterocycles. The van der Waals surface area contributed by atoms with E-state index in [4.69, 9.17) is 42.6 Å². The highest BCUT2D eigenvalue weighted by molar-refractivity contribution is 5.73. The number of carbonyl (C=O) groups is 1. The molecule has 2 bridgehead atoms. The van der Waals surface area contributed by atoms with Crippen molar-refractivity contribution >= 4 is 5.97 Å². The van der Waals surface area contributed by atoms with E-state index in [-0.39, 0.29) is 50.4 Å². The van der Waals surface area contributed by atoms with E-state index in [9.17, 15) is 71.2 Å². The number of fused-ring (bicyclic) bond motifs is 4. The third-order valence-corrected chi connectivity index (χ3v) is 22.5. The molecule has 13 N–H and O–H groups in total. The van der Waals surface area contributed by atoms with Gasteiger partial charge in [-0.15, -0.1) is 0 Å². The predicted molar refractivity (Wildman–Crippen MR) is 261 cm³/mol. The zero-order chi connectivity index (χ0) is 56.1. The molecule has 5 aliphatic carbocycles. The van der Waals surface area contributed by atoms with Crippen LogP contribution in [0.2, 0.25) is 0 Å². The van der Waals surface area contributed by atoms with Gasteiger partial charge in [0.1, 0.15) is 85.5 Å². The Morgan fingerprint density at radius 1 is 0.532 bits per heavy atom. The van der Waals surface area contributed by atoms with Crippen LogP contribution in [0, 0.1) is 50.2 Å². The standard InChI is InChI=1S/C54H88O23/c1-22-30(58)33(61)36(64)44(70-22)76-41-35(63)32(60)24(20-56)72-46(41)74-39-38(66)40(43(67)68)75-47(42(39)77-45-37(65)34(62)31(59)23(19-55)71-45)73-29-11-12-50(6)25(49(29,4)5)9-13-51(7)26(50)10-14-54-27-17-48(2,3)15-16-53(27,21-69-54)28(57)18-52(51,54)8/h22-42,44-47,55-66H,9-21H2,1-8H3,(H,67,68). The van der Waals surface area contributed by atoms with Crippen LogP contribution >= 0.6 is 0 Å². The van der Waals surface area contributed by atoms with Gasteiger partial charge in [0.2, 0.25) is 0 Å². The third kappa shape index (κ3) is 8.87. The van der Waals surface area contributed by atoms with E-state index >= 15 is 0 Å². The van der Waals surface area contributed by atoms with E-state index < -0.39 is 160 Å². The summed E-state index contributed by atoms with van der Waals surface area (Å²) in [5, 5.41) is 143. The van der Waals surface area contributed by atoms with Gasteiger partial charge in [-0.25, -0.2) is 4.79 Å². The molecule has 442 valence electrons. The van der Waals surface area contributed by atoms with Crippen molar-refractivity contribution in [1.82, 2.24) is 0 Å². The maximum Gasteiger partial charge on any atom is 0.335 e. The molecule has 5 saturated carbocycles. The summed E-state index contributed by atoms with van der Waals surface area (Å²) < 4.78 is 56.4. The van der Waals surface area contributed by atoms with Crippen molar-refractivity contribution in [3.8, 4) is 0 Å². The van der Waals surface area contributed by atoms with Gasteiger partial charge in [-0.2, -0.15) is 0 Å². The van der Waals surface area contributed by atoms with Gasteiger partial charge in [-0.1, -0.05) is 48.5 Å². The molecule has 23 heteroatoms. The monoisotopic (exact) mass is 1100 g/mol. The number of carboxylic acid groups (broad SMARTS) is 1. The fourth-order valence-electron chi connectivity index (χ4n) is 17.9. The Bertz CT molecular complexity index is 2140. The summed E-state index contributed by atoms with van der Waals surface area (Å²) in [4.78, 5) is 13.2. The first kappa shape index (κ1) is 58.8. The number of carboxylic acids is 1. The molecule has 0 radical (unpaired) electrons. The van der Waals surface area contributed by atoms with Crippen molar-refractivity contribution in [2.75, 3.05) is 19.8 Å². The molecular weight excluding hydrogens is 1020 g/mol. The second-order valence-corrected chi connectivity index (χ2v) is 27.1. The summed E-state index contributed by atoms with van der Waals surface area (Å²) in [6.45, 7) is 16.3. The lowest BCUT2D eigenvalue weighted by Crippen LogP contribution is -2.74. The normalized spacial score (nSPS) is 57.0. The minimum atomic E-state index is -2.22. The second-order valence-electron chi connectivity index (χ2n) is 27.1. The Labute approximate surface area is 449 Å². The highest BCUT2D eigenvalue weighted by Gasteiger charge is 2.80. The van der Waals surface area contributed by atoms with Crippen LogP contribution in [0.15, 0.2) is 0 Å². The number of hydrogen-bond donors (Lipinski definition) is 13. The Hall–Kier alpha value is -1.37. The van der Waals surface area contributed by atoms with Gasteiger partial charge in [-0.3, -0.25) is 0 Å². The summed E-state index contributed by atoms with van der Waals surface area (Å²) >= 11 is 0. The van der Waals surface area contributed by atoms with Crippen LogP contribution in [-0.2, 0) is 47.4 Å². The Kier molecular flexibility index (Phi) is 15.6. The Balaban J connectivity index is 0.969. The lowest BCUT2D eigenvalue weighted by atomic mass is 9.30. The zero-order valence-corrected chi connectivity index (χ0v) is 45.5. The number of aliphatic carboxylic acids is 1. The van der Waals surface area contributed by atoms with Crippen LogP contribution < -0.4 is 0 Å². The van der Waals surface area contributed by atoms with E-state index in [2.05, 4.69) is 48.5 Å². The van der Waals surface area contributed by atoms with Crippen molar-refractivity contribution < 1.29 is 114 Å². The van der Waals surface area contributed by atoms with Gasteiger partial charge in [0.25, 0.3) is 0 Å². The number of aliphatic hydroxyl groups excluding tert-OH is 12. The fourth-order valence-corrected chi connectivity index (χ4v) is 17.9. The predicted octanol–water partition coefficient (Wildman–Crippen LogP) is -1.23. The quantitative estimate of drug-likeness (QED) is 0.108. The third-order valence-electron chi connectivity index (χ3n) is 22.5. The van der Waals surface area contributed by atoms with Gasteiger partial charge < -0.3 is 109 Å². The molecule has 1 spiro atoms. The minimum absolute atomic E-state index is 0.0214. The van der Waals surface area contributed by atoms with Crippen LogP contribution in [0.5, 0.6) is 0 Å². The first-order valence-corrected chi connectivity index (χ1v) is 28.1. The molecule has 5 aliphatic heterocycles. The molecule has 0 aromatic heterocycles. The van der Waals surface area contributed by atoms with Gasteiger partial charge >= 0.3 is 5.97 Å². The first-order valence-electron chi connectivity index (χ1n) is 28.1. The second kappa shape index (κ2) is 20.5. The van der Waals surface area contributed by atoms with E-state index in [1.807, 2.05) is 0 Å². The Morgan fingerprint density at radius 3 is 1.75 bits per heavy atom. The molecule has 30 atom stereocenters. The SMILES string of the molecule is CC1OC(OC2C(OC3C(O)C(C(=O)O)OC(OC4CCC5(C)C(CCC6(C)C5CCC57OCC8(CCC(C)(C)CC85)C(O)CC67C)C4(C)C)C3OC3OC(CO)C(O)C(O)C3O)OC(CO)C(O)C2O)C(O)C(O)C1O.